The van der Waals surface area contributed by atoms with Crippen LogP contribution in [0.2, 0.25) is 0 Å². The molecule has 0 atom stereocenters. The smallest absolute Gasteiger partial charge is 0.250 e. The standard InChI is InChI=1S/C20H19N3O4S/c1-12-8-18(14-4-3-5-17(27-2)20(14)22-12)28-11-19(26)23-21-10-13-6-7-15(24)16(25)9-13/h3-10,24-25H,11H2,1-2H3,(H,23,26)/b21-10+. The monoisotopic (exact) mass is 397 g/mol. The first-order chi connectivity index (χ1) is 13.5. The summed E-state index contributed by atoms with van der Waals surface area (Å²) < 4.78 is 5.37. The summed E-state index contributed by atoms with van der Waals surface area (Å²) in [5.74, 6) is 0.132. The Bertz CT molecular complexity index is 1050. The molecule has 0 unspecified atom stereocenters. The van der Waals surface area contributed by atoms with Crippen LogP contribution in [0.1, 0.15) is 11.3 Å². The van der Waals surface area contributed by atoms with E-state index in [0.717, 1.165) is 21.5 Å². The zero-order valence-corrected chi connectivity index (χ0v) is 16.2. The maximum Gasteiger partial charge on any atom is 0.250 e. The number of hydrazone groups is 1. The average molecular weight is 397 g/mol. The molecule has 0 radical (unpaired) electrons. The lowest BCUT2D eigenvalue weighted by Crippen LogP contribution is -2.19. The van der Waals surface area contributed by atoms with Gasteiger partial charge in [0.2, 0.25) is 5.91 Å². The lowest BCUT2D eigenvalue weighted by atomic mass is 10.2. The van der Waals surface area contributed by atoms with E-state index >= 15 is 0 Å². The maximum absolute atomic E-state index is 12.1. The number of carbonyl (C=O) groups is 1. The van der Waals surface area contributed by atoms with Crippen LogP contribution in [-0.4, -0.2) is 40.2 Å². The number of aromatic hydroxyl groups is 2. The molecule has 0 aliphatic heterocycles. The van der Waals surface area contributed by atoms with Gasteiger partial charge in [0, 0.05) is 16.0 Å². The molecule has 0 bridgehead atoms. The zero-order valence-electron chi connectivity index (χ0n) is 15.3. The average Bonchev–Trinajstić information content (AvgIpc) is 2.68. The van der Waals surface area contributed by atoms with E-state index in [1.165, 1.54) is 30.1 Å². The first-order valence-electron chi connectivity index (χ1n) is 8.39. The summed E-state index contributed by atoms with van der Waals surface area (Å²) in [6.45, 7) is 1.90. The number of methoxy groups -OCH3 is 1. The number of ether oxygens (including phenoxy) is 1. The summed E-state index contributed by atoms with van der Waals surface area (Å²) >= 11 is 1.39. The number of aryl methyl sites for hydroxylation is 1. The molecule has 1 amide bonds. The number of phenols is 2. The fraction of sp³-hybridized carbons (Fsp3) is 0.150. The summed E-state index contributed by atoms with van der Waals surface area (Å²) in [5, 5.41) is 23.5. The molecule has 0 aliphatic rings. The van der Waals surface area contributed by atoms with Crippen molar-refractivity contribution >= 4 is 34.8 Å². The molecule has 3 rings (SSSR count). The molecule has 2 aromatic carbocycles. The van der Waals surface area contributed by atoms with Crippen LogP contribution in [0.3, 0.4) is 0 Å². The van der Waals surface area contributed by atoms with Gasteiger partial charge in [-0.1, -0.05) is 12.1 Å². The minimum Gasteiger partial charge on any atom is -0.504 e. The largest absolute Gasteiger partial charge is 0.504 e. The summed E-state index contributed by atoms with van der Waals surface area (Å²) in [6.07, 6.45) is 1.39. The number of amides is 1. The van der Waals surface area contributed by atoms with Crippen LogP contribution in [0.5, 0.6) is 17.2 Å². The number of aromatic nitrogens is 1. The molecule has 0 aliphatic carbocycles. The highest BCUT2D eigenvalue weighted by Gasteiger charge is 2.10. The van der Waals surface area contributed by atoms with Crippen molar-refractivity contribution in [1.29, 1.82) is 0 Å². The van der Waals surface area contributed by atoms with Crippen molar-refractivity contribution in [3.05, 3.63) is 53.7 Å². The van der Waals surface area contributed by atoms with Gasteiger partial charge in [0.1, 0.15) is 11.3 Å². The fourth-order valence-electron chi connectivity index (χ4n) is 2.57. The molecule has 8 heteroatoms. The number of thioether (sulfide) groups is 1. The van der Waals surface area contributed by atoms with Gasteiger partial charge in [-0.2, -0.15) is 5.10 Å². The Hall–Kier alpha value is -3.26. The molecule has 7 nitrogen and oxygen atoms in total. The van der Waals surface area contributed by atoms with E-state index in [-0.39, 0.29) is 23.2 Å². The lowest BCUT2D eigenvalue weighted by Gasteiger charge is -2.10. The molecule has 3 aromatic rings. The van der Waals surface area contributed by atoms with Crippen molar-refractivity contribution in [2.45, 2.75) is 11.8 Å². The van der Waals surface area contributed by atoms with Crippen LogP contribution in [0.4, 0.5) is 0 Å². The van der Waals surface area contributed by atoms with Crippen LogP contribution in [0.25, 0.3) is 10.9 Å². The van der Waals surface area contributed by atoms with E-state index in [4.69, 9.17) is 4.74 Å². The van der Waals surface area contributed by atoms with E-state index < -0.39 is 0 Å². The van der Waals surface area contributed by atoms with Gasteiger partial charge in [-0.3, -0.25) is 4.79 Å². The fourth-order valence-corrected chi connectivity index (χ4v) is 3.50. The number of pyridine rings is 1. The van der Waals surface area contributed by atoms with Gasteiger partial charge in [-0.25, -0.2) is 10.4 Å². The van der Waals surface area contributed by atoms with Crippen LogP contribution < -0.4 is 10.2 Å². The number of para-hydroxylation sites is 1. The Morgan fingerprint density at radius 1 is 1.25 bits per heavy atom. The SMILES string of the molecule is COc1cccc2c(SCC(=O)N/N=C/c3ccc(O)c(O)c3)cc(C)nc12. The highest BCUT2D eigenvalue weighted by molar-refractivity contribution is 8.00. The Morgan fingerprint density at radius 2 is 2.07 bits per heavy atom. The van der Waals surface area contributed by atoms with Gasteiger partial charge in [-0.05, 0) is 42.8 Å². The third-order valence-electron chi connectivity index (χ3n) is 3.87. The van der Waals surface area contributed by atoms with Gasteiger partial charge >= 0.3 is 0 Å². The first kappa shape index (κ1) is 19.5. The Balaban J connectivity index is 1.66. The van der Waals surface area contributed by atoms with E-state index in [2.05, 4.69) is 15.5 Å². The van der Waals surface area contributed by atoms with Crippen molar-refractivity contribution in [3.8, 4) is 17.2 Å². The number of benzene rings is 2. The Kier molecular flexibility index (Phi) is 6.00. The first-order valence-corrected chi connectivity index (χ1v) is 9.37. The van der Waals surface area contributed by atoms with Gasteiger partial charge in [0.05, 0.1) is 19.1 Å². The Labute approximate surface area is 166 Å². The number of nitrogens with one attached hydrogen (secondary N) is 1. The third-order valence-corrected chi connectivity index (χ3v) is 4.93. The molecular weight excluding hydrogens is 378 g/mol. The van der Waals surface area contributed by atoms with Crippen molar-refractivity contribution in [3.63, 3.8) is 0 Å². The van der Waals surface area contributed by atoms with Crippen LogP contribution in [0, 0.1) is 6.92 Å². The van der Waals surface area contributed by atoms with Crippen molar-refractivity contribution in [2.75, 3.05) is 12.9 Å². The molecule has 0 saturated heterocycles. The zero-order chi connectivity index (χ0) is 20.1. The topological polar surface area (TPSA) is 104 Å². The minimum absolute atomic E-state index is 0.175. The molecule has 1 heterocycles. The predicted octanol–water partition coefficient (Wildman–Crippen LogP) is 3.21. The van der Waals surface area contributed by atoms with Gasteiger partial charge < -0.3 is 14.9 Å². The van der Waals surface area contributed by atoms with Gasteiger partial charge in [-0.15, -0.1) is 11.8 Å². The Morgan fingerprint density at radius 3 is 2.82 bits per heavy atom. The van der Waals surface area contributed by atoms with Crippen LogP contribution in [-0.2, 0) is 4.79 Å². The second-order valence-electron chi connectivity index (χ2n) is 5.95. The molecule has 28 heavy (non-hydrogen) atoms. The second-order valence-corrected chi connectivity index (χ2v) is 6.97. The molecular formula is C20H19N3O4S. The summed E-state index contributed by atoms with van der Waals surface area (Å²) in [7, 11) is 1.60. The highest BCUT2D eigenvalue weighted by atomic mass is 32.2. The second kappa shape index (κ2) is 8.62. The summed E-state index contributed by atoms with van der Waals surface area (Å²) in [5.41, 5.74) is 4.59. The van der Waals surface area contributed by atoms with Crippen molar-refractivity contribution in [2.24, 2.45) is 5.10 Å². The number of rotatable bonds is 6. The quantitative estimate of drug-likeness (QED) is 0.255. The van der Waals surface area contributed by atoms with Crippen molar-refractivity contribution < 1.29 is 19.7 Å². The lowest BCUT2D eigenvalue weighted by molar-refractivity contribution is -0.118. The normalized spacial score (nSPS) is 11.1. The number of fused-ring (bicyclic) bond motifs is 1. The molecule has 3 N–H and O–H groups in total. The van der Waals surface area contributed by atoms with Crippen LogP contribution in [0.15, 0.2) is 52.5 Å². The molecule has 1 aromatic heterocycles. The number of nitrogens with zero attached hydrogens (tertiary/aromatic N) is 2. The molecule has 144 valence electrons. The summed E-state index contributed by atoms with van der Waals surface area (Å²) in [6, 6.07) is 11.9. The van der Waals surface area contributed by atoms with Crippen molar-refractivity contribution in [1.82, 2.24) is 10.4 Å². The maximum atomic E-state index is 12.1. The number of carbonyl (C=O) groups excluding carboxylic acids is 1. The highest BCUT2D eigenvalue weighted by Crippen LogP contribution is 2.32. The van der Waals surface area contributed by atoms with E-state index in [1.54, 1.807) is 13.2 Å². The molecule has 0 spiro atoms. The van der Waals surface area contributed by atoms with E-state index in [1.807, 2.05) is 31.2 Å². The number of phenolic OH excluding ortho intramolecular Hbond substituents is 2. The minimum atomic E-state index is -0.269. The predicted molar refractivity (Wildman–Crippen MR) is 109 cm³/mol. The third kappa shape index (κ3) is 4.52. The molecule has 0 saturated carbocycles. The molecule has 0 fully saturated rings. The van der Waals surface area contributed by atoms with Gasteiger partial charge in [0.25, 0.3) is 0 Å². The van der Waals surface area contributed by atoms with Crippen LogP contribution >= 0.6 is 11.8 Å². The van der Waals surface area contributed by atoms with E-state index in [0.29, 0.717) is 11.3 Å². The number of hydrogen-bond acceptors (Lipinski definition) is 7. The van der Waals surface area contributed by atoms with E-state index in [9.17, 15) is 15.0 Å². The summed E-state index contributed by atoms with van der Waals surface area (Å²) in [4.78, 5) is 17.6. The van der Waals surface area contributed by atoms with Gasteiger partial charge in [0.15, 0.2) is 11.5 Å². The number of hydrogen-bond donors (Lipinski definition) is 3.